The number of anilines is 1. The minimum absolute atomic E-state index is 0.138. The molecule has 7 nitrogen and oxygen atoms in total. The van der Waals surface area contributed by atoms with Gasteiger partial charge in [-0.3, -0.25) is 4.79 Å². The summed E-state index contributed by atoms with van der Waals surface area (Å²) in [5.41, 5.74) is 0.769. The molecule has 0 aliphatic carbocycles. The van der Waals surface area contributed by atoms with Gasteiger partial charge < -0.3 is 14.5 Å². The maximum atomic E-state index is 11.8. The lowest BCUT2D eigenvalue weighted by molar-refractivity contribution is 0.0600. The fourth-order valence-corrected chi connectivity index (χ4v) is 1.41. The predicted octanol–water partition coefficient (Wildman–Crippen LogP) is 1.42. The fourth-order valence-electron chi connectivity index (χ4n) is 1.41. The fraction of sp³-hybridized carbons (Fsp3) is 0.167. The minimum atomic E-state index is -0.539. The number of benzene rings is 1. The Labute approximate surface area is 108 Å². The van der Waals surface area contributed by atoms with Crippen LogP contribution in [-0.4, -0.2) is 29.2 Å². The number of nitrogens with zero attached hydrogens (tertiary/aromatic N) is 2. The van der Waals surface area contributed by atoms with E-state index < -0.39 is 11.9 Å². The van der Waals surface area contributed by atoms with E-state index in [0.717, 1.165) is 0 Å². The van der Waals surface area contributed by atoms with Crippen LogP contribution in [0.25, 0.3) is 0 Å². The lowest BCUT2D eigenvalue weighted by atomic mass is 10.2. The van der Waals surface area contributed by atoms with E-state index in [1.807, 2.05) is 0 Å². The van der Waals surface area contributed by atoms with Crippen molar-refractivity contribution >= 4 is 17.6 Å². The Morgan fingerprint density at radius 2 is 2.11 bits per heavy atom. The van der Waals surface area contributed by atoms with Gasteiger partial charge in [0.2, 0.25) is 5.89 Å². The highest BCUT2D eigenvalue weighted by molar-refractivity contribution is 6.01. The average Bonchev–Trinajstić information content (AvgIpc) is 2.85. The molecule has 0 atom stereocenters. The monoisotopic (exact) mass is 261 g/mol. The summed E-state index contributed by atoms with van der Waals surface area (Å²) >= 11 is 0. The molecule has 7 heteroatoms. The third-order valence-corrected chi connectivity index (χ3v) is 2.26. The zero-order valence-corrected chi connectivity index (χ0v) is 10.3. The van der Waals surface area contributed by atoms with Crippen molar-refractivity contribution in [1.29, 1.82) is 0 Å². The van der Waals surface area contributed by atoms with Crippen molar-refractivity contribution in [2.45, 2.75) is 6.92 Å². The summed E-state index contributed by atoms with van der Waals surface area (Å²) in [5, 5.41) is 9.70. The van der Waals surface area contributed by atoms with Crippen molar-refractivity contribution in [2.75, 3.05) is 12.4 Å². The van der Waals surface area contributed by atoms with Gasteiger partial charge in [-0.15, -0.1) is 10.2 Å². The number of hydrogen-bond donors (Lipinski definition) is 1. The zero-order chi connectivity index (χ0) is 13.8. The summed E-state index contributed by atoms with van der Waals surface area (Å²) in [6.45, 7) is 1.58. The summed E-state index contributed by atoms with van der Waals surface area (Å²) < 4.78 is 9.58. The molecule has 1 amide bonds. The van der Waals surface area contributed by atoms with Crippen molar-refractivity contribution in [3.05, 3.63) is 41.6 Å². The number of aryl methyl sites for hydroxylation is 1. The van der Waals surface area contributed by atoms with E-state index >= 15 is 0 Å². The zero-order valence-electron chi connectivity index (χ0n) is 10.3. The van der Waals surface area contributed by atoms with Crippen LogP contribution in [0.2, 0.25) is 0 Å². The van der Waals surface area contributed by atoms with Crippen LogP contribution in [0, 0.1) is 6.92 Å². The Hall–Kier alpha value is -2.70. The third kappa shape index (κ3) is 2.95. The van der Waals surface area contributed by atoms with Gasteiger partial charge in [0.15, 0.2) is 0 Å². The molecule has 1 aromatic heterocycles. The van der Waals surface area contributed by atoms with Gasteiger partial charge in [0.05, 0.1) is 12.7 Å². The third-order valence-electron chi connectivity index (χ3n) is 2.26. The first-order valence-electron chi connectivity index (χ1n) is 5.40. The summed E-state index contributed by atoms with van der Waals surface area (Å²) in [5.74, 6) is -0.859. The second-order valence-corrected chi connectivity index (χ2v) is 3.65. The molecule has 1 aromatic carbocycles. The van der Waals surface area contributed by atoms with Crippen LogP contribution in [0.1, 0.15) is 26.9 Å². The van der Waals surface area contributed by atoms with Crippen LogP contribution in [0.5, 0.6) is 0 Å². The van der Waals surface area contributed by atoms with Crippen molar-refractivity contribution < 1.29 is 18.7 Å². The highest BCUT2D eigenvalue weighted by Crippen LogP contribution is 2.12. The maximum Gasteiger partial charge on any atom is 0.337 e. The molecule has 2 rings (SSSR count). The molecule has 0 fully saturated rings. The van der Waals surface area contributed by atoms with E-state index in [9.17, 15) is 9.59 Å². The Morgan fingerprint density at radius 3 is 2.74 bits per heavy atom. The first-order chi connectivity index (χ1) is 9.10. The molecule has 0 radical (unpaired) electrons. The summed E-state index contributed by atoms with van der Waals surface area (Å²) in [7, 11) is 1.29. The highest BCUT2D eigenvalue weighted by Gasteiger charge is 2.14. The molecular formula is C12H11N3O4. The Balaban J connectivity index is 2.15. The number of esters is 1. The number of methoxy groups -OCH3 is 1. The molecule has 0 bridgehead atoms. The van der Waals surface area contributed by atoms with Crippen LogP contribution in [0.4, 0.5) is 5.69 Å². The highest BCUT2D eigenvalue weighted by atomic mass is 16.5. The number of rotatable bonds is 3. The van der Waals surface area contributed by atoms with Crippen LogP contribution in [0.15, 0.2) is 28.7 Å². The first kappa shape index (κ1) is 12.7. The molecule has 0 saturated heterocycles. The SMILES string of the molecule is COC(=O)c1cccc(NC(=O)c2nnc(C)o2)c1. The second kappa shape index (κ2) is 5.30. The molecule has 0 unspecified atom stereocenters. The maximum absolute atomic E-state index is 11.8. The topological polar surface area (TPSA) is 94.3 Å². The van der Waals surface area contributed by atoms with Gasteiger partial charge >= 0.3 is 17.8 Å². The van der Waals surface area contributed by atoms with Gasteiger partial charge in [-0.2, -0.15) is 0 Å². The van der Waals surface area contributed by atoms with Crippen LogP contribution in [0.3, 0.4) is 0 Å². The molecule has 1 N–H and O–H groups in total. The van der Waals surface area contributed by atoms with Crippen molar-refractivity contribution in [3.63, 3.8) is 0 Å². The van der Waals surface area contributed by atoms with Gasteiger partial charge in [-0.25, -0.2) is 4.79 Å². The number of carbonyl (C=O) groups is 2. The molecule has 98 valence electrons. The molecule has 0 aliphatic heterocycles. The summed E-state index contributed by atoms with van der Waals surface area (Å²) in [4.78, 5) is 23.1. The Bertz CT molecular complexity index is 621. The molecule has 19 heavy (non-hydrogen) atoms. The molecule has 2 aromatic rings. The van der Waals surface area contributed by atoms with Crippen molar-refractivity contribution in [3.8, 4) is 0 Å². The van der Waals surface area contributed by atoms with Gasteiger partial charge in [-0.1, -0.05) is 6.07 Å². The predicted molar refractivity (Wildman–Crippen MR) is 64.8 cm³/mol. The standard InChI is InChI=1S/C12H11N3O4/c1-7-14-15-11(19-7)10(16)13-9-5-3-4-8(6-9)12(17)18-2/h3-6H,1-2H3,(H,13,16). The number of ether oxygens (including phenoxy) is 1. The summed E-state index contributed by atoms with van der Waals surface area (Å²) in [6.07, 6.45) is 0. The lowest BCUT2D eigenvalue weighted by Gasteiger charge is -2.04. The Kier molecular flexibility index (Phi) is 3.56. The smallest absolute Gasteiger partial charge is 0.337 e. The van der Waals surface area contributed by atoms with Crippen molar-refractivity contribution in [1.82, 2.24) is 10.2 Å². The molecule has 0 spiro atoms. The van der Waals surface area contributed by atoms with E-state index in [2.05, 4.69) is 20.3 Å². The number of aromatic nitrogens is 2. The molecule has 1 heterocycles. The van der Waals surface area contributed by atoms with E-state index in [0.29, 0.717) is 17.1 Å². The van der Waals surface area contributed by atoms with Gasteiger partial charge in [0, 0.05) is 12.6 Å². The number of hydrogen-bond acceptors (Lipinski definition) is 6. The quantitative estimate of drug-likeness (QED) is 0.839. The average molecular weight is 261 g/mol. The number of carbonyl (C=O) groups excluding carboxylic acids is 2. The lowest BCUT2D eigenvalue weighted by Crippen LogP contribution is -2.13. The van der Waals surface area contributed by atoms with E-state index in [1.54, 1.807) is 25.1 Å². The largest absolute Gasteiger partial charge is 0.465 e. The van der Waals surface area contributed by atoms with Gasteiger partial charge in [0.1, 0.15) is 0 Å². The van der Waals surface area contributed by atoms with Gasteiger partial charge in [-0.05, 0) is 18.2 Å². The summed E-state index contributed by atoms with van der Waals surface area (Å²) in [6, 6.07) is 6.33. The van der Waals surface area contributed by atoms with Gasteiger partial charge in [0.25, 0.3) is 0 Å². The number of amides is 1. The minimum Gasteiger partial charge on any atom is -0.465 e. The number of nitrogens with one attached hydrogen (secondary N) is 1. The van der Waals surface area contributed by atoms with Crippen molar-refractivity contribution in [2.24, 2.45) is 0 Å². The van der Waals surface area contributed by atoms with E-state index in [-0.39, 0.29) is 5.89 Å². The molecule has 0 aliphatic rings. The first-order valence-corrected chi connectivity index (χ1v) is 5.40. The second-order valence-electron chi connectivity index (χ2n) is 3.65. The molecule has 0 saturated carbocycles. The van der Waals surface area contributed by atoms with Crippen LogP contribution in [-0.2, 0) is 4.74 Å². The molecular weight excluding hydrogens is 250 g/mol. The van der Waals surface area contributed by atoms with Crippen LogP contribution < -0.4 is 5.32 Å². The van der Waals surface area contributed by atoms with E-state index in [1.165, 1.54) is 13.2 Å². The van der Waals surface area contributed by atoms with E-state index in [4.69, 9.17) is 4.42 Å². The van der Waals surface area contributed by atoms with Crippen LogP contribution >= 0.6 is 0 Å². The Morgan fingerprint density at radius 1 is 1.32 bits per heavy atom. The normalized spacial score (nSPS) is 10.0.